The molecule has 0 aliphatic rings. The minimum Gasteiger partial charge on any atom is -0.493 e. The molecular weight excluding hydrogens is 352 g/mol. The van der Waals surface area contributed by atoms with E-state index in [0.29, 0.717) is 19.6 Å². The van der Waals surface area contributed by atoms with Gasteiger partial charge in [0.1, 0.15) is 5.75 Å². The number of hydrogen-bond donors (Lipinski definition) is 2. The summed E-state index contributed by atoms with van der Waals surface area (Å²) in [7, 11) is -3.68. The second-order valence-electron chi connectivity index (χ2n) is 6.13. The molecule has 0 atom stereocenters. The largest absolute Gasteiger partial charge is 0.493 e. The van der Waals surface area contributed by atoms with Crippen molar-refractivity contribution < 1.29 is 17.9 Å². The highest BCUT2D eigenvalue weighted by Crippen LogP contribution is 2.16. The van der Waals surface area contributed by atoms with Crippen LogP contribution in [0.2, 0.25) is 0 Å². The van der Waals surface area contributed by atoms with Crippen molar-refractivity contribution in [3.8, 4) is 5.75 Å². The summed E-state index contributed by atoms with van der Waals surface area (Å²) < 4.78 is 28.0. The van der Waals surface area contributed by atoms with E-state index in [9.17, 15) is 13.2 Å². The van der Waals surface area contributed by atoms with E-state index in [4.69, 9.17) is 9.88 Å². The lowest BCUT2D eigenvalue weighted by Crippen LogP contribution is -2.27. The highest BCUT2D eigenvalue weighted by molar-refractivity contribution is 7.89. The average Bonchev–Trinajstić information content (AvgIpc) is 2.58. The van der Waals surface area contributed by atoms with Gasteiger partial charge in [-0.05, 0) is 61.2 Å². The maximum atomic E-state index is 11.8. The van der Waals surface area contributed by atoms with Crippen molar-refractivity contribution in [1.29, 1.82) is 0 Å². The molecule has 0 saturated heterocycles. The summed E-state index contributed by atoms with van der Waals surface area (Å²) in [6, 6.07) is 12.1. The lowest BCUT2D eigenvalue weighted by atomic mass is 10.1. The number of sulfonamides is 1. The number of rotatable bonds is 8. The Bertz CT molecular complexity index is 862. The fourth-order valence-corrected chi connectivity index (χ4v) is 2.86. The number of aryl methyl sites for hydroxylation is 2. The Morgan fingerprint density at radius 1 is 1.08 bits per heavy atom. The minimum absolute atomic E-state index is 0.0776. The van der Waals surface area contributed by atoms with Crippen LogP contribution in [-0.4, -0.2) is 27.5 Å². The highest BCUT2D eigenvalue weighted by Gasteiger charge is 2.07. The molecule has 0 bridgehead atoms. The molecule has 140 valence electrons. The Labute approximate surface area is 154 Å². The number of hydrogen-bond acceptors (Lipinski definition) is 4. The van der Waals surface area contributed by atoms with Crippen molar-refractivity contribution in [2.45, 2.75) is 31.6 Å². The van der Waals surface area contributed by atoms with E-state index in [1.807, 2.05) is 32.0 Å². The molecule has 2 rings (SSSR count). The standard InChI is InChI=1S/C19H24N2O4S/c1-14-3-6-17(13-15(14)2)25-12-10-19(22)21-11-9-16-4-7-18(8-5-16)26(20,23)24/h3-8,13H,9-12H2,1-2H3,(H,21,22)(H2,20,23,24). The first-order valence-corrected chi connectivity index (χ1v) is 9.89. The van der Waals surface area contributed by atoms with Crippen LogP contribution < -0.4 is 15.2 Å². The molecule has 0 aliphatic carbocycles. The lowest BCUT2D eigenvalue weighted by Gasteiger charge is -2.09. The molecule has 6 nitrogen and oxygen atoms in total. The van der Waals surface area contributed by atoms with Crippen LogP contribution >= 0.6 is 0 Å². The number of nitrogens with one attached hydrogen (secondary N) is 1. The predicted molar refractivity (Wildman–Crippen MR) is 101 cm³/mol. The molecule has 26 heavy (non-hydrogen) atoms. The maximum Gasteiger partial charge on any atom is 0.238 e. The zero-order valence-electron chi connectivity index (χ0n) is 15.0. The van der Waals surface area contributed by atoms with Crippen LogP contribution in [0.25, 0.3) is 0 Å². The summed E-state index contributed by atoms with van der Waals surface area (Å²) in [4.78, 5) is 11.9. The number of carbonyl (C=O) groups excluding carboxylic acids is 1. The van der Waals surface area contributed by atoms with Crippen LogP contribution in [0.3, 0.4) is 0 Å². The normalized spacial score (nSPS) is 11.2. The Kier molecular flexibility index (Phi) is 6.76. The molecule has 0 saturated carbocycles. The number of carbonyl (C=O) groups is 1. The summed E-state index contributed by atoms with van der Waals surface area (Å²) in [6.07, 6.45) is 0.881. The summed E-state index contributed by atoms with van der Waals surface area (Å²) in [5.74, 6) is 0.672. The molecule has 0 fully saturated rings. The first kappa shape index (κ1) is 19.9. The van der Waals surface area contributed by atoms with Crippen molar-refractivity contribution in [2.75, 3.05) is 13.2 Å². The number of ether oxygens (including phenoxy) is 1. The molecule has 3 N–H and O–H groups in total. The first-order chi connectivity index (χ1) is 12.3. The van der Waals surface area contributed by atoms with Gasteiger partial charge in [-0.2, -0.15) is 0 Å². The number of primary sulfonamides is 1. The molecule has 0 spiro atoms. The van der Waals surface area contributed by atoms with Gasteiger partial charge in [0.25, 0.3) is 0 Å². The Hall–Kier alpha value is -2.38. The van der Waals surface area contributed by atoms with E-state index < -0.39 is 10.0 Å². The van der Waals surface area contributed by atoms with E-state index in [-0.39, 0.29) is 17.2 Å². The van der Waals surface area contributed by atoms with Gasteiger partial charge >= 0.3 is 0 Å². The number of amides is 1. The van der Waals surface area contributed by atoms with Gasteiger partial charge in [-0.1, -0.05) is 18.2 Å². The molecule has 0 aliphatic heterocycles. The fraction of sp³-hybridized carbons (Fsp3) is 0.316. The van der Waals surface area contributed by atoms with Crippen molar-refractivity contribution in [3.05, 3.63) is 59.2 Å². The van der Waals surface area contributed by atoms with Crippen LogP contribution in [0.1, 0.15) is 23.1 Å². The van der Waals surface area contributed by atoms with Crippen molar-refractivity contribution in [3.63, 3.8) is 0 Å². The van der Waals surface area contributed by atoms with Gasteiger partial charge in [-0.25, -0.2) is 13.6 Å². The molecule has 1 amide bonds. The van der Waals surface area contributed by atoms with Crippen molar-refractivity contribution in [1.82, 2.24) is 5.32 Å². The molecule has 0 aromatic heterocycles. The van der Waals surface area contributed by atoms with Crippen LogP contribution in [0.5, 0.6) is 5.75 Å². The van der Waals surface area contributed by atoms with Crippen molar-refractivity contribution in [2.24, 2.45) is 5.14 Å². The van der Waals surface area contributed by atoms with Gasteiger partial charge < -0.3 is 10.1 Å². The Morgan fingerprint density at radius 2 is 1.77 bits per heavy atom. The third kappa shape index (κ3) is 6.16. The highest BCUT2D eigenvalue weighted by atomic mass is 32.2. The third-order valence-corrected chi connectivity index (χ3v) is 4.99. The number of nitrogens with two attached hydrogens (primary N) is 1. The third-order valence-electron chi connectivity index (χ3n) is 4.06. The molecule has 0 heterocycles. The van der Waals surface area contributed by atoms with Gasteiger partial charge in [0.05, 0.1) is 17.9 Å². The molecule has 2 aromatic rings. The van der Waals surface area contributed by atoms with E-state index in [2.05, 4.69) is 5.32 Å². The predicted octanol–water partition coefficient (Wildman–Crippen LogP) is 2.08. The topological polar surface area (TPSA) is 98.5 Å². The van der Waals surface area contributed by atoms with Gasteiger partial charge in [-0.3, -0.25) is 4.79 Å². The van der Waals surface area contributed by atoms with Crippen LogP contribution in [0.15, 0.2) is 47.4 Å². The number of benzene rings is 2. The second kappa shape index (κ2) is 8.82. The summed E-state index contributed by atoms with van der Waals surface area (Å²) in [6.45, 7) is 4.84. The second-order valence-corrected chi connectivity index (χ2v) is 7.69. The minimum atomic E-state index is -3.68. The molecule has 7 heteroatoms. The SMILES string of the molecule is Cc1ccc(OCCC(=O)NCCc2ccc(S(N)(=O)=O)cc2)cc1C. The summed E-state index contributed by atoms with van der Waals surface area (Å²) in [5.41, 5.74) is 3.27. The van der Waals surface area contributed by atoms with E-state index in [1.165, 1.54) is 17.7 Å². The monoisotopic (exact) mass is 376 g/mol. The molecule has 2 aromatic carbocycles. The van der Waals surface area contributed by atoms with Gasteiger partial charge in [0.15, 0.2) is 0 Å². The van der Waals surface area contributed by atoms with E-state index in [0.717, 1.165) is 16.9 Å². The van der Waals surface area contributed by atoms with Crippen molar-refractivity contribution >= 4 is 15.9 Å². The van der Waals surface area contributed by atoms with Crippen LogP contribution in [-0.2, 0) is 21.2 Å². The van der Waals surface area contributed by atoms with Gasteiger partial charge in [0, 0.05) is 6.54 Å². The Balaban J connectivity index is 1.69. The van der Waals surface area contributed by atoms with E-state index in [1.54, 1.807) is 12.1 Å². The fourth-order valence-electron chi connectivity index (χ4n) is 2.35. The smallest absolute Gasteiger partial charge is 0.238 e. The first-order valence-electron chi connectivity index (χ1n) is 8.34. The zero-order valence-corrected chi connectivity index (χ0v) is 15.8. The quantitative estimate of drug-likeness (QED) is 0.737. The van der Waals surface area contributed by atoms with E-state index >= 15 is 0 Å². The average molecular weight is 376 g/mol. The molecular formula is C19H24N2O4S. The summed E-state index contributed by atoms with van der Waals surface area (Å²) in [5, 5.41) is 7.88. The van der Waals surface area contributed by atoms with Crippen LogP contribution in [0.4, 0.5) is 0 Å². The zero-order chi connectivity index (χ0) is 19.2. The van der Waals surface area contributed by atoms with Crippen LogP contribution in [0, 0.1) is 13.8 Å². The lowest BCUT2D eigenvalue weighted by molar-refractivity contribution is -0.121. The van der Waals surface area contributed by atoms with Gasteiger partial charge in [0.2, 0.25) is 15.9 Å². The summed E-state index contributed by atoms with van der Waals surface area (Å²) >= 11 is 0. The van der Waals surface area contributed by atoms with Gasteiger partial charge in [-0.15, -0.1) is 0 Å². The Morgan fingerprint density at radius 3 is 2.38 bits per heavy atom. The molecule has 0 radical (unpaired) electrons. The molecule has 0 unspecified atom stereocenters. The maximum absolute atomic E-state index is 11.8.